The molecule has 1 N–H and O–H groups in total. The van der Waals surface area contributed by atoms with Crippen LogP contribution in [0.2, 0.25) is 5.02 Å². The van der Waals surface area contributed by atoms with E-state index in [1.165, 1.54) is 19.1 Å². The molecular formula is C8H8ClFO. The molecule has 1 rings (SSSR count). The molecule has 60 valence electrons. The Morgan fingerprint density at radius 3 is 2.64 bits per heavy atom. The van der Waals surface area contributed by atoms with Gasteiger partial charge in [0, 0.05) is 5.56 Å². The van der Waals surface area contributed by atoms with Crippen LogP contribution < -0.4 is 0 Å². The van der Waals surface area contributed by atoms with Gasteiger partial charge in [-0.25, -0.2) is 4.39 Å². The van der Waals surface area contributed by atoms with Gasteiger partial charge in [0.05, 0.1) is 11.1 Å². The zero-order valence-corrected chi connectivity index (χ0v) is 6.77. The number of aliphatic hydroxyl groups excluding tert-OH is 1. The van der Waals surface area contributed by atoms with Crippen molar-refractivity contribution in [3.63, 3.8) is 0 Å². The van der Waals surface area contributed by atoms with Gasteiger partial charge < -0.3 is 5.11 Å². The second-order valence-corrected chi connectivity index (χ2v) is 2.73. The average Bonchev–Trinajstić information content (AvgIpc) is 1.94. The van der Waals surface area contributed by atoms with Gasteiger partial charge in [0.15, 0.2) is 0 Å². The molecule has 0 unspecified atom stereocenters. The lowest BCUT2D eigenvalue weighted by Crippen LogP contribution is -1.95. The molecule has 1 atom stereocenters. The van der Waals surface area contributed by atoms with Crippen LogP contribution in [0.3, 0.4) is 0 Å². The molecule has 0 radical (unpaired) electrons. The normalized spacial score (nSPS) is 13.1. The molecular weight excluding hydrogens is 167 g/mol. The summed E-state index contributed by atoms with van der Waals surface area (Å²) in [6, 6.07) is 4.56. The number of hydrogen-bond acceptors (Lipinski definition) is 1. The average molecular weight is 175 g/mol. The SMILES string of the molecule is C[C@H](O)c1cccc(Cl)c1F. The van der Waals surface area contributed by atoms with Gasteiger partial charge in [0.2, 0.25) is 0 Å². The van der Waals surface area contributed by atoms with Crippen LogP contribution in [0.15, 0.2) is 18.2 Å². The molecule has 1 aromatic carbocycles. The maximum atomic E-state index is 13.0. The van der Waals surface area contributed by atoms with E-state index >= 15 is 0 Å². The van der Waals surface area contributed by atoms with E-state index in [2.05, 4.69) is 0 Å². The first-order valence-corrected chi connectivity index (χ1v) is 3.62. The van der Waals surface area contributed by atoms with Crippen molar-refractivity contribution in [3.05, 3.63) is 34.6 Å². The summed E-state index contributed by atoms with van der Waals surface area (Å²) in [5.74, 6) is -0.538. The summed E-state index contributed by atoms with van der Waals surface area (Å²) < 4.78 is 13.0. The summed E-state index contributed by atoms with van der Waals surface area (Å²) in [6.45, 7) is 1.49. The van der Waals surface area contributed by atoms with Gasteiger partial charge in [-0.15, -0.1) is 0 Å². The van der Waals surface area contributed by atoms with E-state index in [1.807, 2.05) is 0 Å². The van der Waals surface area contributed by atoms with Crippen LogP contribution in [-0.2, 0) is 0 Å². The van der Waals surface area contributed by atoms with Crippen LogP contribution >= 0.6 is 11.6 Å². The second kappa shape index (κ2) is 3.20. The molecule has 0 saturated heterocycles. The van der Waals surface area contributed by atoms with E-state index in [0.29, 0.717) is 0 Å². The molecule has 1 aromatic rings. The maximum absolute atomic E-state index is 13.0. The van der Waals surface area contributed by atoms with Crippen LogP contribution in [0.25, 0.3) is 0 Å². The van der Waals surface area contributed by atoms with Crippen LogP contribution in [-0.4, -0.2) is 5.11 Å². The molecule has 1 nitrogen and oxygen atoms in total. The highest BCUT2D eigenvalue weighted by molar-refractivity contribution is 6.30. The molecule has 0 bridgehead atoms. The molecule has 0 aromatic heterocycles. The molecule has 0 aliphatic heterocycles. The quantitative estimate of drug-likeness (QED) is 0.694. The van der Waals surface area contributed by atoms with Gasteiger partial charge >= 0.3 is 0 Å². The van der Waals surface area contributed by atoms with Gasteiger partial charge in [-0.3, -0.25) is 0 Å². The zero-order chi connectivity index (χ0) is 8.43. The Balaban J connectivity index is 3.17. The summed E-state index contributed by atoms with van der Waals surface area (Å²) >= 11 is 5.47. The van der Waals surface area contributed by atoms with E-state index in [1.54, 1.807) is 6.07 Å². The van der Waals surface area contributed by atoms with Crippen molar-refractivity contribution in [2.24, 2.45) is 0 Å². The Morgan fingerprint density at radius 2 is 2.18 bits per heavy atom. The third-order valence-electron chi connectivity index (χ3n) is 1.43. The highest BCUT2D eigenvalue weighted by Gasteiger charge is 2.09. The summed E-state index contributed by atoms with van der Waals surface area (Å²) in [5, 5.41) is 9.08. The van der Waals surface area contributed by atoms with Crippen LogP contribution in [0.4, 0.5) is 4.39 Å². The fourth-order valence-corrected chi connectivity index (χ4v) is 1.02. The first-order chi connectivity index (χ1) is 5.13. The number of rotatable bonds is 1. The molecule has 3 heteroatoms. The molecule has 0 fully saturated rings. The first-order valence-electron chi connectivity index (χ1n) is 3.25. The fourth-order valence-electron chi connectivity index (χ4n) is 0.843. The van der Waals surface area contributed by atoms with Gasteiger partial charge in [0.25, 0.3) is 0 Å². The smallest absolute Gasteiger partial charge is 0.147 e. The highest BCUT2D eigenvalue weighted by atomic mass is 35.5. The topological polar surface area (TPSA) is 20.2 Å². The number of aliphatic hydroxyl groups is 1. The monoisotopic (exact) mass is 174 g/mol. The first kappa shape index (κ1) is 8.50. The van der Waals surface area contributed by atoms with Gasteiger partial charge in [-0.05, 0) is 13.0 Å². The predicted octanol–water partition coefficient (Wildman–Crippen LogP) is 2.53. The van der Waals surface area contributed by atoms with Gasteiger partial charge in [0.1, 0.15) is 5.82 Å². The Hall–Kier alpha value is -0.600. The fraction of sp³-hybridized carbons (Fsp3) is 0.250. The predicted molar refractivity (Wildman–Crippen MR) is 42.0 cm³/mol. The highest BCUT2D eigenvalue weighted by Crippen LogP contribution is 2.22. The van der Waals surface area contributed by atoms with E-state index in [9.17, 15) is 4.39 Å². The van der Waals surface area contributed by atoms with Crippen molar-refractivity contribution < 1.29 is 9.50 Å². The van der Waals surface area contributed by atoms with Crippen molar-refractivity contribution >= 4 is 11.6 Å². The lowest BCUT2D eigenvalue weighted by atomic mass is 10.1. The molecule has 0 aliphatic rings. The Kier molecular flexibility index (Phi) is 2.47. The van der Waals surface area contributed by atoms with E-state index in [-0.39, 0.29) is 10.6 Å². The minimum Gasteiger partial charge on any atom is -0.389 e. The van der Waals surface area contributed by atoms with Gasteiger partial charge in [-0.1, -0.05) is 23.7 Å². The Morgan fingerprint density at radius 1 is 1.55 bits per heavy atom. The maximum Gasteiger partial charge on any atom is 0.147 e. The zero-order valence-electron chi connectivity index (χ0n) is 6.01. The van der Waals surface area contributed by atoms with E-state index < -0.39 is 11.9 Å². The minimum absolute atomic E-state index is 0.0448. The Labute approximate surface area is 69.4 Å². The standard InChI is InChI=1S/C8H8ClFO/c1-5(11)6-3-2-4-7(9)8(6)10/h2-5,11H,1H3/t5-/m0/s1. The number of hydrogen-bond donors (Lipinski definition) is 1. The summed E-state index contributed by atoms with van der Waals surface area (Å²) in [5.41, 5.74) is 0.234. The summed E-state index contributed by atoms with van der Waals surface area (Å²) in [6.07, 6.45) is -0.811. The van der Waals surface area contributed by atoms with Crippen molar-refractivity contribution in [3.8, 4) is 0 Å². The molecule has 0 heterocycles. The Bertz CT molecular complexity index is 260. The summed E-state index contributed by atoms with van der Waals surface area (Å²) in [7, 11) is 0. The van der Waals surface area contributed by atoms with Crippen molar-refractivity contribution in [2.75, 3.05) is 0 Å². The molecule has 0 amide bonds. The van der Waals surface area contributed by atoms with Gasteiger partial charge in [-0.2, -0.15) is 0 Å². The number of halogens is 2. The third-order valence-corrected chi connectivity index (χ3v) is 1.72. The summed E-state index contributed by atoms with van der Waals surface area (Å²) in [4.78, 5) is 0. The lowest BCUT2D eigenvalue weighted by Gasteiger charge is -2.05. The molecule has 0 aliphatic carbocycles. The van der Waals surface area contributed by atoms with Crippen LogP contribution in [0, 0.1) is 5.82 Å². The van der Waals surface area contributed by atoms with Crippen LogP contribution in [0.5, 0.6) is 0 Å². The van der Waals surface area contributed by atoms with Crippen molar-refractivity contribution in [1.82, 2.24) is 0 Å². The van der Waals surface area contributed by atoms with Crippen molar-refractivity contribution in [2.45, 2.75) is 13.0 Å². The molecule has 11 heavy (non-hydrogen) atoms. The van der Waals surface area contributed by atoms with E-state index in [4.69, 9.17) is 16.7 Å². The minimum atomic E-state index is -0.811. The molecule has 0 spiro atoms. The largest absolute Gasteiger partial charge is 0.389 e. The second-order valence-electron chi connectivity index (χ2n) is 2.32. The third kappa shape index (κ3) is 1.70. The van der Waals surface area contributed by atoms with E-state index in [0.717, 1.165) is 0 Å². The lowest BCUT2D eigenvalue weighted by molar-refractivity contribution is 0.194. The molecule has 0 saturated carbocycles. The van der Waals surface area contributed by atoms with Crippen LogP contribution in [0.1, 0.15) is 18.6 Å². The number of benzene rings is 1. The van der Waals surface area contributed by atoms with Crippen molar-refractivity contribution in [1.29, 1.82) is 0 Å².